The van der Waals surface area contributed by atoms with Gasteiger partial charge in [-0.05, 0) is 48.9 Å². The number of anilines is 1. The Balaban J connectivity index is 2.09. The summed E-state index contributed by atoms with van der Waals surface area (Å²) in [6.07, 6.45) is 0.135. The van der Waals surface area contributed by atoms with Crippen molar-refractivity contribution < 1.29 is 17.9 Å². The van der Waals surface area contributed by atoms with Gasteiger partial charge >= 0.3 is 5.97 Å². The second kappa shape index (κ2) is 7.62. The van der Waals surface area contributed by atoms with E-state index < -0.39 is 10.0 Å². The Bertz CT molecular complexity index is 851. The van der Waals surface area contributed by atoms with Gasteiger partial charge in [-0.25, -0.2) is 8.42 Å². The first-order valence-electron chi connectivity index (χ1n) is 7.22. The molecule has 0 aromatic heterocycles. The minimum atomic E-state index is -3.73. The molecule has 124 valence electrons. The number of sulfonamides is 1. The van der Waals surface area contributed by atoms with E-state index in [0.717, 1.165) is 5.56 Å². The maximum Gasteiger partial charge on any atom is 0.310 e. The standard InChI is InChI=1S/C17H16N2O4S/c1-2-23-17(20)11-13-3-7-15(8-4-13)19-24(21,22)16-9-5-14(12-18)6-10-16/h3-10,19H,2,11H2,1H3. The predicted molar refractivity (Wildman–Crippen MR) is 88.7 cm³/mol. The second-order valence-corrected chi connectivity index (χ2v) is 6.60. The van der Waals surface area contributed by atoms with Gasteiger partial charge in [-0.15, -0.1) is 0 Å². The smallest absolute Gasteiger partial charge is 0.310 e. The van der Waals surface area contributed by atoms with Crippen LogP contribution in [0.1, 0.15) is 18.1 Å². The lowest BCUT2D eigenvalue weighted by Crippen LogP contribution is -2.13. The highest BCUT2D eigenvalue weighted by molar-refractivity contribution is 7.92. The van der Waals surface area contributed by atoms with Crippen molar-refractivity contribution in [2.75, 3.05) is 11.3 Å². The van der Waals surface area contributed by atoms with Gasteiger partial charge in [-0.3, -0.25) is 9.52 Å². The van der Waals surface area contributed by atoms with Crippen molar-refractivity contribution in [3.05, 3.63) is 59.7 Å². The van der Waals surface area contributed by atoms with Crippen molar-refractivity contribution in [2.24, 2.45) is 0 Å². The number of hydrogen-bond donors (Lipinski definition) is 1. The number of hydrogen-bond acceptors (Lipinski definition) is 5. The number of ether oxygens (including phenoxy) is 1. The SMILES string of the molecule is CCOC(=O)Cc1ccc(NS(=O)(=O)c2ccc(C#N)cc2)cc1. The highest BCUT2D eigenvalue weighted by atomic mass is 32.2. The summed E-state index contributed by atoms with van der Waals surface area (Å²) in [6.45, 7) is 2.06. The lowest BCUT2D eigenvalue weighted by atomic mass is 10.1. The van der Waals surface area contributed by atoms with Crippen LogP contribution in [0.4, 0.5) is 5.69 Å². The van der Waals surface area contributed by atoms with E-state index in [9.17, 15) is 13.2 Å². The number of nitrogens with zero attached hydrogens (tertiary/aromatic N) is 1. The van der Waals surface area contributed by atoms with Crippen molar-refractivity contribution >= 4 is 21.7 Å². The topological polar surface area (TPSA) is 96.3 Å². The van der Waals surface area contributed by atoms with Crippen molar-refractivity contribution in [1.29, 1.82) is 5.26 Å². The zero-order valence-corrected chi connectivity index (χ0v) is 13.8. The average Bonchev–Trinajstić information content (AvgIpc) is 2.57. The molecular formula is C17H16N2O4S. The summed E-state index contributed by atoms with van der Waals surface area (Å²) in [4.78, 5) is 11.5. The molecule has 0 fully saturated rings. The Morgan fingerprint density at radius 2 is 1.75 bits per heavy atom. The van der Waals surface area contributed by atoms with E-state index in [2.05, 4.69) is 4.72 Å². The molecule has 0 saturated heterocycles. The van der Waals surface area contributed by atoms with Crippen LogP contribution in [0.5, 0.6) is 0 Å². The number of carbonyl (C=O) groups is 1. The molecule has 0 bridgehead atoms. The molecule has 0 amide bonds. The number of rotatable bonds is 6. The number of benzene rings is 2. The monoisotopic (exact) mass is 344 g/mol. The van der Waals surface area contributed by atoms with E-state index >= 15 is 0 Å². The zero-order valence-electron chi connectivity index (χ0n) is 13.0. The normalized spacial score (nSPS) is 10.7. The molecular weight excluding hydrogens is 328 g/mol. The van der Waals surface area contributed by atoms with Crippen LogP contribution in [-0.2, 0) is 26.0 Å². The van der Waals surface area contributed by atoms with E-state index in [1.165, 1.54) is 24.3 Å². The van der Waals surface area contributed by atoms with E-state index in [-0.39, 0.29) is 17.3 Å². The van der Waals surface area contributed by atoms with E-state index in [0.29, 0.717) is 17.9 Å². The minimum absolute atomic E-state index is 0.0668. The predicted octanol–water partition coefficient (Wildman–Crippen LogP) is 2.46. The van der Waals surface area contributed by atoms with Crippen LogP contribution in [-0.4, -0.2) is 21.0 Å². The van der Waals surface area contributed by atoms with Crippen LogP contribution in [0, 0.1) is 11.3 Å². The van der Waals surface area contributed by atoms with Crippen molar-refractivity contribution in [3.63, 3.8) is 0 Å². The molecule has 0 unspecified atom stereocenters. The van der Waals surface area contributed by atoms with Gasteiger partial charge in [-0.2, -0.15) is 5.26 Å². The zero-order chi connectivity index (χ0) is 17.6. The molecule has 0 heterocycles. The molecule has 0 radical (unpaired) electrons. The molecule has 0 aliphatic heterocycles. The Morgan fingerprint density at radius 3 is 2.29 bits per heavy atom. The van der Waals surface area contributed by atoms with Crippen LogP contribution in [0.3, 0.4) is 0 Å². The lowest BCUT2D eigenvalue weighted by Gasteiger charge is -2.09. The van der Waals surface area contributed by atoms with Crippen LogP contribution >= 0.6 is 0 Å². The summed E-state index contributed by atoms with van der Waals surface area (Å²) < 4.78 is 31.9. The Morgan fingerprint density at radius 1 is 1.12 bits per heavy atom. The highest BCUT2D eigenvalue weighted by Crippen LogP contribution is 2.17. The molecule has 2 aromatic carbocycles. The van der Waals surface area contributed by atoms with Crippen molar-refractivity contribution in [1.82, 2.24) is 0 Å². The third kappa shape index (κ3) is 4.57. The van der Waals surface area contributed by atoms with Gasteiger partial charge < -0.3 is 4.74 Å². The molecule has 0 aliphatic carbocycles. The summed E-state index contributed by atoms with van der Waals surface area (Å²) >= 11 is 0. The van der Waals surface area contributed by atoms with E-state index in [1.54, 1.807) is 31.2 Å². The summed E-state index contributed by atoms with van der Waals surface area (Å²) in [5.74, 6) is -0.330. The average molecular weight is 344 g/mol. The number of nitriles is 1. The van der Waals surface area contributed by atoms with Crippen LogP contribution in [0.2, 0.25) is 0 Å². The number of carbonyl (C=O) groups excluding carboxylic acids is 1. The van der Waals surface area contributed by atoms with Crippen molar-refractivity contribution in [3.8, 4) is 6.07 Å². The largest absolute Gasteiger partial charge is 0.466 e. The Labute approximate surface area is 140 Å². The van der Waals surface area contributed by atoms with Gasteiger partial charge in [0.15, 0.2) is 0 Å². The molecule has 0 saturated carbocycles. The van der Waals surface area contributed by atoms with Gasteiger partial charge in [0.25, 0.3) is 10.0 Å². The summed E-state index contributed by atoms with van der Waals surface area (Å²) in [5.41, 5.74) is 1.50. The third-order valence-electron chi connectivity index (χ3n) is 3.15. The van der Waals surface area contributed by atoms with Gasteiger partial charge in [0.05, 0.1) is 29.6 Å². The second-order valence-electron chi connectivity index (χ2n) is 4.92. The molecule has 0 atom stereocenters. The summed E-state index contributed by atoms with van der Waals surface area (Å²) in [6, 6.07) is 14.0. The first-order chi connectivity index (χ1) is 11.4. The maximum absolute atomic E-state index is 12.3. The summed E-state index contributed by atoms with van der Waals surface area (Å²) in [5, 5.41) is 8.74. The third-order valence-corrected chi connectivity index (χ3v) is 4.55. The fourth-order valence-electron chi connectivity index (χ4n) is 1.99. The maximum atomic E-state index is 12.3. The first kappa shape index (κ1) is 17.5. The van der Waals surface area contributed by atoms with E-state index in [4.69, 9.17) is 10.00 Å². The highest BCUT2D eigenvalue weighted by Gasteiger charge is 2.14. The Kier molecular flexibility index (Phi) is 5.55. The van der Waals surface area contributed by atoms with Crippen molar-refractivity contribution in [2.45, 2.75) is 18.2 Å². The van der Waals surface area contributed by atoms with Gasteiger partial charge in [0.1, 0.15) is 0 Å². The molecule has 2 rings (SSSR count). The fourth-order valence-corrected chi connectivity index (χ4v) is 3.05. The molecule has 0 aliphatic rings. The fraction of sp³-hybridized carbons (Fsp3) is 0.176. The quantitative estimate of drug-likeness (QED) is 0.812. The van der Waals surface area contributed by atoms with Gasteiger partial charge in [-0.1, -0.05) is 12.1 Å². The van der Waals surface area contributed by atoms with Gasteiger partial charge in [0, 0.05) is 5.69 Å². The van der Waals surface area contributed by atoms with E-state index in [1.807, 2.05) is 6.07 Å². The minimum Gasteiger partial charge on any atom is -0.466 e. The van der Waals surface area contributed by atoms with Gasteiger partial charge in [0.2, 0.25) is 0 Å². The first-order valence-corrected chi connectivity index (χ1v) is 8.70. The molecule has 2 aromatic rings. The lowest BCUT2D eigenvalue weighted by molar-refractivity contribution is -0.142. The van der Waals surface area contributed by atoms with Crippen LogP contribution in [0.25, 0.3) is 0 Å². The summed E-state index contributed by atoms with van der Waals surface area (Å²) in [7, 11) is -3.73. The Hall–Kier alpha value is -2.85. The number of esters is 1. The number of nitrogens with one attached hydrogen (secondary N) is 1. The molecule has 1 N–H and O–H groups in total. The molecule has 24 heavy (non-hydrogen) atoms. The molecule has 6 nitrogen and oxygen atoms in total. The molecule has 7 heteroatoms. The van der Waals surface area contributed by atoms with Crippen LogP contribution in [0.15, 0.2) is 53.4 Å². The van der Waals surface area contributed by atoms with Crippen LogP contribution < -0.4 is 4.72 Å². The molecule has 0 spiro atoms.